The number of amides is 3. The van der Waals surface area contributed by atoms with E-state index in [1.165, 1.54) is 0 Å². The van der Waals surface area contributed by atoms with Crippen LogP contribution in [0.4, 0.5) is 0 Å². The minimum Gasteiger partial charge on any atom is -0.394 e. The van der Waals surface area contributed by atoms with Crippen molar-refractivity contribution in [3.05, 3.63) is 35.9 Å². The number of aliphatic hydroxyl groups excluding tert-OH is 1. The van der Waals surface area contributed by atoms with Gasteiger partial charge in [-0.1, -0.05) is 73.5 Å². The average molecular weight is 565 g/mol. The summed E-state index contributed by atoms with van der Waals surface area (Å²) in [7, 11) is 0. The number of carbonyl (C=O) groups is 3. The highest BCUT2D eigenvalue weighted by molar-refractivity contribution is 9.09. The third-order valence-corrected chi connectivity index (χ3v) is 8.61. The number of carbonyl (C=O) groups excluding carboxylic acids is 3. The van der Waals surface area contributed by atoms with Crippen LogP contribution in [0.15, 0.2) is 30.3 Å². The molecule has 8 nitrogen and oxygen atoms in total. The standard InChI is InChI=1S/C27H38BrN3O5/c1-4-5-11-29-25(34)23-27-13-19(28)22(36-27)20(24(33)30-14-17-9-7-6-8-10-17)21(27)26(35)31(23)18(15-32)12-16(2)3/h6-10,16,18-23,32H,4-5,11-15H2,1-3H3,(H,29,34)(H,30,33)/t18-,19?,20-,21+,22-,23?,27?/m1/s1. The molecule has 4 rings (SSSR count). The van der Waals surface area contributed by atoms with Gasteiger partial charge in [-0.3, -0.25) is 14.4 Å². The maximum absolute atomic E-state index is 14.1. The Bertz CT molecular complexity index is 960. The summed E-state index contributed by atoms with van der Waals surface area (Å²) >= 11 is 3.69. The summed E-state index contributed by atoms with van der Waals surface area (Å²) in [5.74, 6) is -2.06. The Hall–Kier alpha value is -1.97. The van der Waals surface area contributed by atoms with Crippen molar-refractivity contribution in [1.82, 2.24) is 15.5 Å². The van der Waals surface area contributed by atoms with E-state index in [4.69, 9.17) is 4.74 Å². The molecule has 198 valence electrons. The quantitative estimate of drug-likeness (QED) is 0.283. The zero-order chi connectivity index (χ0) is 26.0. The topological polar surface area (TPSA) is 108 Å². The molecule has 0 radical (unpaired) electrons. The first kappa shape index (κ1) is 27.1. The van der Waals surface area contributed by atoms with Gasteiger partial charge in [0.15, 0.2) is 0 Å². The van der Waals surface area contributed by atoms with E-state index in [0.29, 0.717) is 25.9 Å². The number of halogens is 1. The van der Waals surface area contributed by atoms with Crippen LogP contribution < -0.4 is 10.6 Å². The van der Waals surface area contributed by atoms with Gasteiger partial charge in [0.1, 0.15) is 11.6 Å². The van der Waals surface area contributed by atoms with E-state index in [-0.39, 0.29) is 35.1 Å². The Labute approximate surface area is 221 Å². The first-order valence-corrected chi connectivity index (χ1v) is 14.0. The van der Waals surface area contributed by atoms with Crippen molar-refractivity contribution in [2.45, 2.75) is 81.6 Å². The lowest BCUT2D eigenvalue weighted by Crippen LogP contribution is -2.58. The zero-order valence-corrected chi connectivity index (χ0v) is 22.9. The molecule has 3 N–H and O–H groups in total. The summed E-state index contributed by atoms with van der Waals surface area (Å²) in [6, 6.07) is 8.20. The Balaban J connectivity index is 1.66. The number of aliphatic hydroxyl groups is 1. The van der Waals surface area contributed by atoms with Gasteiger partial charge in [-0.25, -0.2) is 0 Å². The lowest BCUT2D eigenvalue weighted by molar-refractivity contribution is -0.146. The molecule has 1 aromatic rings. The number of likely N-dealkylation sites (tertiary alicyclic amines) is 1. The first-order chi connectivity index (χ1) is 17.2. The smallest absolute Gasteiger partial charge is 0.245 e. The van der Waals surface area contributed by atoms with Crippen molar-refractivity contribution in [2.24, 2.45) is 17.8 Å². The summed E-state index contributed by atoms with van der Waals surface area (Å²) in [4.78, 5) is 42.6. The molecule has 9 heteroatoms. The molecule has 7 atom stereocenters. The van der Waals surface area contributed by atoms with Crippen molar-refractivity contribution in [3.63, 3.8) is 0 Å². The number of fused-ring (bicyclic) bond motifs is 1. The molecule has 0 aliphatic carbocycles. The number of unbranched alkanes of at least 4 members (excludes halogenated alkanes) is 1. The molecule has 3 saturated heterocycles. The molecule has 3 amide bonds. The maximum atomic E-state index is 14.1. The van der Waals surface area contributed by atoms with Crippen LogP contribution in [0.5, 0.6) is 0 Å². The number of hydrogen-bond donors (Lipinski definition) is 3. The fourth-order valence-corrected chi connectivity index (χ4v) is 7.21. The Morgan fingerprint density at radius 3 is 2.58 bits per heavy atom. The van der Waals surface area contributed by atoms with Crippen LogP contribution in [0.1, 0.15) is 52.0 Å². The minimum atomic E-state index is -1.11. The summed E-state index contributed by atoms with van der Waals surface area (Å²) in [5.41, 5.74) is -0.143. The third-order valence-electron chi connectivity index (χ3n) is 7.76. The van der Waals surface area contributed by atoms with Crippen molar-refractivity contribution in [1.29, 1.82) is 0 Å². The summed E-state index contributed by atoms with van der Waals surface area (Å²) in [6.07, 6.45) is 2.27. The van der Waals surface area contributed by atoms with Gasteiger partial charge in [0.05, 0.1) is 30.6 Å². The first-order valence-electron chi connectivity index (χ1n) is 13.1. The van der Waals surface area contributed by atoms with Gasteiger partial charge in [0.2, 0.25) is 17.7 Å². The van der Waals surface area contributed by atoms with Crippen molar-refractivity contribution >= 4 is 33.7 Å². The Morgan fingerprint density at radius 2 is 1.94 bits per heavy atom. The molecule has 1 spiro atoms. The molecule has 3 unspecified atom stereocenters. The Morgan fingerprint density at radius 1 is 1.22 bits per heavy atom. The fourth-order valence-electron chi connectivity index (χ4n) is 6.27. The Kier molecular flexibility index (Phi) is 8.42. The number of alkyl halides is 1. The fraction of sp³-hybridized carbons (Fsp3) is 0.667. The highest BCUT2D eigenvalue weighted by Gasteiger charge is 2.76. The molecule has 3 fully saturated rings. The second-order valence-electron chi connectivity index (χ2n) is 10.7. The maximum Gasteiger partial charge on any atom is 0.245 e. The summed E-state index contributed by atoms with van der Waals surface area (Å²) < 4.78 is 6.51. The summed E-state index contributed by atoms with van der Waals surface area (Å²) in [5, 5.41) is 16.3. The van der Waals surface area contributed by atoms with E-state index in [9.17, 15) is 19.5 Å². The van der Waals surface area contributed by atoms with Gasteiger partial charge in [-0.05, 0) is 30.7 Å². The van der Waals surface area contributed by atoms with Crippen LogP contribution in [0, 0.1) is 17.8 Å². The van der Waals surface area contributed by atoms with E-state index >= 15 is 0 Å². The van der Waals surface area contributed by atoms with Crippen LogP contribution >= 0.6 is 15.9 Å². The van der Waals surface area contributed by atoms with E-state index in [0.717, 1.165) is 18.4 Å². The predicted octanol–water partition coefficient (Wildman–Crippen LogP) is 2.37. The van der Waals surface area contributed by atoms with Crippen LogP contribution in [0.25, 0.3) is 0 Å². The van der Waals surface area contributed by atoms with Crippen LogP contribution in [-0.2, 0) is 25.7 Å². The highest BCUT2D eigenvalue weighted by Crippen LogP contribution is 2.60. The second kappa shape index (κ2) is 11.2. The van der Waals surface area contributed by atoms with Gasteiger partial charge in [-0.15, -0.1) is 0 Å². The van der Waals surface area contributed by atoms with Gasteiger partial charge < -0.3 is 25.4 Å². The summed E-state index contributed by atoms with van der Waals surface area (Å²) in [6.45, 7) is 6.69. The molecular weight excluding hydrogens is 526 g/mol. The van der Waals surface area contributed by atoms with E-state index in [1.807, 2.05) is 51.1 Å². The molecular formula is C27H38BrN3O5. The molecule has 2 bridgehead atoms. The van der Waals surface area contributed by atoms with Crippen molar-refractivity contribution in [2.75, 3.05) is 13.2 Å². The van der Waals surface area contributed by atoms with E-state index in [1.54, 1.807) is 4.90 Å². The molecule has 0 saturated carbocycles. The molecule has 3 aliphatic heterocycles. The minimum absolute atomic E-state index is 0.155. The van der Waals surface area contributed by atoms with Crippen LogP contribution in [0.2, 0.25) is 0 Å². The zero-order valence-electron chi connectivity index (χ0n) is 21.3. The van der Waals surface area contributed by atoms with E-state index < -0.39 is 35.6 Å². The number of nitrogens with one attached hydrogen (secondary N) is 2. The van der Waals surface area contributed by atoms with Crippen molar-refractivity contribution < 1.29 is 24.2 Å². The number of nitrogens with zero attached hydrogens (tertiary/aromatic N) is 1. The van der Waals surface area contributed by atoms with Gasteiger partial charge in [-0.2, -0.15) is 0 Å². The molecule has 1 aromatic carbocycles. The lowest BCUT2D eigenvalue weighted by Gasteiger charge is -2.37. The van der Waals surface area contributed by atoms with Crippen LogP contribution in [-0.4, -0.2) is 69.5 Å². The third kappa shape index (κ3) is 4.82. The van der Waals surface area contributed by atoms with Gasteiger partial charge in [0, 0.05) is 17.9 Å². The van der Waals surface area contributed by atoms with Gasteiger partial charge >= 0.3 is 0 Å². The monoisotopic (exact) mass is 563 g/mol. The SMILES string of the molecule is CCCCNC(=O)C1N([C@@H](CO)CC(C)C)C(=O)[C@@H]2[C@@H](C(=O)NCc3ccccc3)[C@@H]3OC12CC3Br. The largest absolute Gasteiger partial charge is 0.394 e. The second-order valence-corrected chi connectivity index (χ2v) is 11.9. The highest BCUT2D eigenvalue weighted by atomic mass is 79.9. The lowest BCUT2D eigenvalue weighted by atomic mass is 9.70. The normalized spacial score (nSPS) is 31.6. The molecule has 3 heterocycles. The van der Waals surface area contributed by atoms with Crippen molar-refractivity contribution in [3.8, 4) is 0 Å². The molecule has 3 aliphatic rings. The predicted molar refractivity (Wildman–Crippen MR) is 139 cm³/mol. The molecule has 36 heavy (non-hydrogen) atoms. The number of hydrogen-bond acceptors (Lipinski definition) is 5. The average Bonchev–Trinajstić information content (AvgIpc) is 3.45. The van der Waals surface area contributed by atoms with Gasteiger partial charge in [0.25, 0.3) is 0 Å². The number of ether oxygens (including phenoxy) is 1. The number of rotatable bonds is 11. The molecule has 0 aromatic heterocycles. The van der Waals surface area contributed by atoms with Crippen LogP contribution in [0.3, 0.4) is 0 Å². The van der Waals surface area contributed by atoms with E-state index in [2.05, 4.69) is 26.6 Å². The number of benzene rings is 1.